The van der Waals surface area contributed by atoms with Crippen LogP contribution in [0.5, 0.6) is 0 Å². The van der Waals surface area contributed by atoms with Gasteiger partial charge < -0.3 is 4.90 Å². The van der Waals surface area contributed by atoms with Gasteiger partial charge in [-0.25, -0.2) is 0 Å². The zero-order valence-corrected chi connectivity index (χ0v) is 9.34. The van der Waals surface area contributed by atoms with E-state index in [-0.39, 0.29) is 0 Å². The van der Waals surface area contributed by atoms with Crippen molar-refractivity contribution in [1.29, 1.82) is 0 Å². The predicted molar refractivity (Wildman–Crippen MR) is 55.9 cm³/mol. The van der Waals surface area contributed by atoms with Gasteiger partial charge in [0.05, 0.1) is 19.1 Å². The lowest BCUT2D eigenvalue weighted by atomic mass is 9.72. The second-order valence-corrected chi connectivity index (χ2v) is 5.42. The van der Waals surface area contributed by atoms with Gasteiger partial charge in [0.2, 0.25) is 0 Å². The Bertz CT molecular complexity index is 176. The van der Waals surface area contributed by atoms with E-state index in [1.54, 1.807) is 0 Å². The Balaban J connectivity index is 2.10. The summed E-state index contributed by atoms with van der Waals surface area (Å²) in [6, 6.07) is 1.89. The Morgan fingerprint density at radius 1 is 1.00 bits per heavy atom. The van der Waals surface area contributed by atoms with Gasteiger partial charge in [-0.3, -0.25) is 0 Å². The van der Waals surface area contributed by atoms with E-state index in [4.69, 9.17) is 0 Å². The average Bonchev–Trinajstić information content (AvgIpc) is 2.12. The summed E-state index contributed by atoms with van der Waals surface area (Å²) < 4.78 is 0. The van der Waals surface area contributed by atoms with Gasteiger partial charge in [0.1, 0.15) is 0 Å². The van der Waals surface area contributed by atoms with Gasteiger partial charge in [0.15, 0.2) is 0 Å². The molecule has 0 aromatic rings. The largest absolute Gasteiger partial charge is 0.332 e. The molecule has 1 heteroatoms. The lowest BCUT2D eigenvalue weighted by molar-refractivity contribution is -0.944. The highest BCUT2D eigenvalue weighted by molar-refractivity contribution is 4.83. The lowest BCUT2D eigenvalue weighted by Crippen LogP contribution is -3.18. The molecule has 0 radical (unpaired) electrons. The van der Waals surface area contributed by atoms with Gasteiger partial charge >= 0.3 is 0 Å². The molecule has 1 heterocycles. The van der Waals surface area contributed by atoms with Crippen LogP contribution in [0.2, 0.25) is 0 Å². The van der Waals surface area contributed by atoms with Crippen LogP contribution >= 0.6 is 0 Å². The molecule has 1 saturated heterocycles. The molecule has 2 rings (SSSR count). The minimum Gasteiger partial charge on any atom is -0.332 e. The van der Waals surface area contributed by atoms with Crippen LogP contribution in [0.1, 0.15) is 46.0 Å². The fraction of sp³-hybridized carbons (Fsp3) is 1.00. The topological polar surface area (TPSA) is 4.44 Å². The second-order valence-electron chi connectivity index (χ2n) is 5.42. The van der Waals surface area contributed by atoms with Crippen molar-refractivity contribution in [1.82, 2.24) is 0 Å². The first-order valence-corrected chi connectivity index (χ1v) is 6.03. The molecule has 1 nitrogen and oxygen atoms in total. The van der Waals surface area contributed by atoms with Gasteiger partial charge in [0, 0.05) is 11.8 Å². The Hall–Kier alpha value is -0.0400. The quantitative estimate of drug-likeness (QED) is 0.579. The Morgan fingerprint density at radius 2 is 1.77 bits per heavy atom. The highest BCUT2D eigenvalue weighted by atomic mass is 15.2. The van der Waals surface area contributed by atoms with E-state index in [1.165, 1.54) is 32.1 Å². The van der Waals surface area contributed by atoms with E-state index in [0.717, 1.165) is 23.9 Å². The molecule has 1 unspecified atom stereocenters. The molecule has 0 aromatic carbocycles. The number of piperidine rings is 1. The zero-order valence-electron chi connectivity index (χ0n) is 9.34. The van der Waals surface area contributed by atoms with Crippen LogP contribution in [0.15, 0.2) is 0 Å². The first kappa shape index (κ1) is 9.51. The van der Waals surface area contributed by atoms with Crippen molar-refractivity contribution in [3.05, 3.63) is 0 Å². The maximum Gasteiger partial charge on any atom is 0.0928 e. The normalized spacial score (nSPS) is 51.5. The third-order valence-electron chi connectivity index (χ3n) is 4.63. The fourth-order valence-electron chi connectivity index (χ4n) is 3.69. The van der Waals surface area contributed by atoms with E-state index >= 15 is 0 Å². The molecule has 1 aliphatic heterocycles. The van der Waals surface area contributed by atoms with Crippen LogP contribution in [-0.4, -0.2) is 19.1 Å². The van der Waals surface area contributed by atoms with Crippen LogP contribution in [0, 0.1) is 11.8 Å². The van der Waals surface area contributed by atoms with E-state index in [9.17, 15) is 0 Å². The molecule has 1 N–H and O–H groups in total. The summed E-state index contributed by atoms with van der Waals surface area (Å²) in [6.45, 7) is 4.89. The van der Waals surface area contributed by atoms with Crippen molar-refractivity contribution in [2.45, 2.75) is 58.0 Å². The monoisotopic (exact) mass is 182 g/mol. The third kappa shape index (κ3) is 1.63. The predicted octanol–water partition coefficient (Wildman–Crippen LogP) is 1.49. The minimum atomic E-state index is 0.904. The van der Waals surface area contributed by atoms with Gasteiger partial charge in [0.25, 0.3) is 0 Å². The Morgan fingerprint density at radius 3 is 2.54 bits per heavy atom. The van der Waals surface area contributed by atoms with E-state index in [0.29, 0.717) is 0 Å². The van der Waals surface area contributed by atoms with Crippen molar-refractivity contribution in [3.63, 3.8) is 0 Å². The summed E-state index contributed by atoms with van der Waals surface area (Å²) >= 11 is 0. The SMILES string of the molecule is C[C@@H]1CCC[C@@H]2CC[C@H](C)[NH+](C)[C@H]21. The number of hydrogen-bond acceptors (Lipinski definition) is 0. The molecule has 0 amide bonds. The molecule has 2 aliphatic rings. The summed E-state index contributed by atoms with van der Waals surface area (Å²) in [5.74, 6) is 2.03. The molecule has 1 saturated carbocycles. The molecule has 13 heavy (non-hydrogen) atoms. The summed E-state index contributed by atoms with van der Waals surface area (Å²) in [4.78, 5) is 1.82. The van der Waals surface area contributed by atoms with Crippen molar-refractivity contribution >= 4 is 0 Å². The van der Waals surface area contributed by atoms with Gasteiger partial charge in [-0.15, -0.1) is 0 Å². The maximum absolute atomic E-state index is 2.47. The van der Waals surface area contributed by atoms with Crippen molar-refractivity contribution in [2.24, 2.45) is 11.8 Å². The molecular formula is C12H24N+. The van der Waals surface area contributed by atoms with Crippen LogP contribution in [-0.2, 0) is 0 Å². The number of nitrogens with one attached hydrogen (secondary N) is 1. The van der Waals surface area contributed by atoms with Crippen LogP contribution in [0.3, 0.4) is 0 Å². The number of quaternary nitrogens is 1. The van der Waals surface area contributed by atoms with Gasteiger partial charge in [-0.1, -0.05) is 13.3 Å². The summed E-state index contributed by atoms with van der Waals surface area (Å²) in [7, 11) is 2.42. The van der Waals surface area contributed by atoms with Crippen molar-refractivity contribution < 1.29 is 4.90 Å². The standard InChI is InChI=1S/C12H23N/c1-9-5-4-6-11-8-7-10(2)13(3)12(9)11/h9-12H,4-8H2,1-3H3/p+1/t9-,10+,11-,12+/m1/s1. The highest BCUT2D eigenvalue weighted by Crippen LogP contribution is 2.32. The second kappa shape index (κ2) is 3.61. The van der Waals surface area contributed by atoms with Crippen molar-refractivity contribution in [3.8, 4) is 0 Å². The van der Waals surface area contributed by atoms with Crippen LogP contribution in [0.4, 0.5) is 0 Å². The first-order chi connectivity index (χ1) is 6.20. The molecule has 76 valence electrons. The van der Waals surface area contributed by atoms with Gasteiger partial charge in [-0.05, 0) is 32.6 Å². The zero-order chi connectivity index (χ0) is 9.42. The van der Waals surface area contributed by atoms with E-state index in [1.807, 2.05) is 4.90 Å². The maximum atomic E-state index is 2.47. The summed E-state index contributed by atoms with van der Waals surface area (Å²) in [5.41, 5.74) is 0. The van der Waals surface area contributed by atoms with Crippen LogP contribution in [0.25, 0.3) is 0 Å². The number of rotatable bonds is 0. The Kier molecular flexibility index (Phi) is 2.64. The van der Waals surface area contributed by atoms with Crippen LogP contribution < -0.4 is 4.90 Å². The third-order valence-corrected chi connectivity index (χ3v) is 4.63. The molecule has 2 fully saturated rings. The highest BCUT2D eigenvalue weighted by Gasteiger charge is 2.41. The van der Waals surface area contributed by atoms with E-state index < -0.39 is 0 Å². The summed E-state index contributed by atoms with van der Waals surface area (Å²) in [5, 5.41) is 0. The molecule has 0 bridgehead atoms. The van der Waals surface area contributed by atoms with Gasteiger partial charge in [-0.2, -0.15) is 0 Å². The Labute approximate surface area is 82.5 Å². The number of hydrogen-bond donors (Lipinski definition) is 1. The number of likely N-dealkylation sites (tertiary alicyclic amines) is 1. The fourth-order valence-corrected chi connectivity index (χ4v) is 3.69. The minimum absolute atomic E-state index is 0.904. The first-order valence-electron chi connectivity index (χ1n) is 6.03. The smallest absolute Gasteiger partial charge is 0.0928 e. The molecular weight excluding hydrogens is 158 g/mol. The lowest BCUT2D eigenvalue weighted by Gasteiger charge is -2.45. The number of fused-ring (bicyclic) bond motifs is 1. The molecule has 0 aromatic heterocycles. The van der Waals surface area contributed by atoms with Crippen molar-refractivity contribution in [2.75, 3.05) is 7.05 Å². The molecule has 0 spiro atoms. The molecule has 1 aliphatic carbocycles. The summed E-state index contributed by atoms with van der Waals surface area (Å²) in [6.07, 6.45) is 7.45. The molecule has 5 atom stereocenters. The average molecular weight is 182 g/mol. The van der Waals surface area contributed by atoms with E-state index in [2.05, 4.69) is 20.9 Å².